The van der Waals surface area contributed by atoms with Crippen LogP contribution in [0.15, 0.2) is 35.2 Å². The molecule has 1 aromatic carbocycles. The van der Waals surface area contributed by atoms with Gasteiger partial charge >= 0.3 is 33.1 Å². The van der Waals surface area contributed by atoms with Gasteiger partial charge in [-0.1, -0.05) is 18.2 Å². The molecule has 0 aliphatic carbocycles. The molecular formula is C6H6ClHgO3S. The summed E-state index contributed by atoms with van der Waals surface area (Å²) in [4.78, 5) is -0.0741. The zero-order valence-electron chi connectivity index (χ0n) is 6.14. The second-order valence-corrected chi connectivity index (χ2v) is 3.21. The monoisotopic (exact) mass is 395 g/mol. The molecule has 0 aromatic heterocycles. The molecule has 1 rings (SSSR count). The molecule has 0 aliphatic heterocycles. The van der Waals surface area contributed by atoms with Crippen LogP contribution in [0.1, 0.15) is 0 Å². The van der Waals surface area contributed by atoms with E-state index in [-0.39, 0.29) is 4.90 Å². The summed E-state index contributed by atoms with van der Waals surface area (Å²) in [6, 6.07) is 7.42. The molecule has 0 unspecified atom stereocenters. The first-order valence-electron chi connectivity index (χ1n) is 2.90. The van der Waals surface area contributed by atoms with Gasteiger partial charge < -0.3 is 0 Å². The van der Waals surface area contributed by atoms with Crippen LogP contribution in [0.3, 0.4) is 0 Å². The van der Waals surface area contributed by atoms with Crippen LogP contribution in [0, 0.1) is 0 Å². The maximum absolute atomic E-state index is 10.4. The van der Waals surface area contributed by atoms with Gasteiger partial charge in [-0.25, -0.2) is 0 Å². The molecule has 0 amide bonds. The predicted molar refractivity (Wildman–Crippen MR) is 42.1 cm³/mol. The van der Waals surface area contributed by atoms with Crippen LogP contribution in [0.25, 0.3) is 0 Å². The van der Waals surface area contributed by atoms with E-state index in [4.69, 9.17) is 12.8 Å². The van der Waals surface area contributed by atoms with Gasteiger partial charge in [-0.3, -0.25) is 4.55 Å². The number of benzene rings is 1. The molecule has 12 heavy (non-hydrogen) atoms. The molecule has 6 heteroatoms. The molecular weight excluding hydrogens is 388 g/mol. The van der Waals surface area contributed by atoms with Gasteiger partial charge in [0.15, 0.2) is 0 Å². The minimum absolute atomic E-state index is 0.0741. The molecule has 0 saturated heterocycles. The van der Waals surface area contributed by atoms with Gasteiger partial charge in [0.25, 0.3) is 10.1 Å². The molecule has 3 nitrogen and oxygen atoms in total. The van der Waals surface area contributed by atoms with E-state index in [1.807, 2.05) is 0 Å². The quantitative estimate of drug-likeness (QED) is 0.582. The van der Waals surface area contributed by atoms with Gasteiger partial charge in [0.1, 0.15) is 0 Å². The topological polar surface area (TPSA) is 54.4 Å². The summed E-state index contributed by atoms with van der Waals surface area (Å²) in [5.74, 6) is 0. The van der Waals surface area contributed by atoms with Gasteiger partial charge in [-0.05, 0) is 12.1 Å². The second kappa shape index (κ2) is 5.91. The van der Waals surface area contributed by atoms with Crippen molar-refractivity contribution in [2.45, 2.75) is 4.90 Å². The Balaban J connectivity index is 0.000000561. The fourth-order valence-corrected chi connectivity index (χ4v) is 1.09. The summed E-state index contributed by atoms with van der Waals surface area (Å²) in [7, 11) is 0.831. The molecule has 0 radical (unpaired) electrons. The van der Waals surface area contributed by atoms with Gasteiger partial charge in [0.2, 0.25) is 0 Å². The van der Waals surface area contributed by atoms with E-state index in [0.29, 0.717) is 24.9 Å². The molecule has 0 heterocycles. The van der Waals surface area contributed by atoms with Gasteiger partial charge in [0, 0.05) is 0 Å². The van der Waals surface area contributed by atoms with Gasteiger partial charge in [-0.2, -0.15) is 8.42 Å². The minimum atomic E-state index is -4.00. The molecule has 1 N–H and O–H groups in total. The van der Waals surface area contributed by atoms with Crippen LogP contribution in [0.4, 0.5) is 0 Å². The van der Waals surface area contributed by atoms with Crippen molar-refractivity contribution in [3.8, 4) is 0 Å². The molecule has 0 fully saturated rings. The Hall–Kier alpha value is 0.355. The SMILES string of the molecule is O=S(=O)(O)c1ccccc1.[Cl][Hg]. The van der Waals surface area contributed by atoms with Crippen LogP contribution in [-0.2, 0) is 35.0 Å². The molecule has 63 valence electrons. The fourth-order valence-electron chi connectivity index (χ4n) is 0.592. The van der Waals surface area contributed by atoms with Crippen LogP contribution in [0.2, 0.25) is 0 Å². The van der Waals surface area contributed by atoms with E-state index >= 15 is 0 Å². The number of hydrogen-bond donors (Lipinski definition) is 1. The van der Waals surface area contributed by atoms with Crippen molar-refractivity contribution in [2.24, 2.45) is 0 Å². The molecule has 0 spiro atoms. The third-order valence-electron chi connectivity index (χ3n) is 1.04. The molecule has 1 aromatic rings. The normalized spacial score (nSPS) is 10.0. The average Bonchev–Trinajstić information content (AvgIpc) is 2.08. The van der Waals surface area contributed by atoms with Crippen LogP contribution in [0.5, 0.6) is 0 Å². The van der Waals surface area contributed by atoms with Crippen molar-refractivity contribution in [1.29, 1.82) is 0 Å². The number of rotatable bonds is 1. The molecule has 0 saturated carbocycles. The van der Waals surface area contributed by atoms with E-state index in [2.05, 4.69) is 0 Å². The second-order valence-electron chi connectivity index (χ2n) is 1.79. The van der Waals surface area contributed by atoms with Crippen molar-refractivity contribution in [2.75, 3.05) is 0 Å². The summed E-state index contributed by atoms with van der Waals surface area (Å²) in [5, 5.41) is 0. The first-order valence-corrected chi connectivity index (χ1v) is 11.1. The molecule has 0 aliphatic rings. The third kappa shape index (κ3) is 4.40. The Labute approximate surface area is 90.9 Å². The van der Waals surface area contributed by atoms with Crippen molar-refractivity contribution in [1.82, 2.24) is 0 Å². The van der Waals surface area contributed by atoms with Crippen molar-refractivity contribution in [3.63, 3.8) is 0 Å². The summed E-state index contributed by atoms with van der Waals surface area (Å²) in [5.41, 5.74) is 0. The number of halogens is 1. The predicted octanol–water partition coefficient (Wildman–Crippen LogP) is 1.62. The standard InChI is InChI=1S/C6H6O3S.ClH.Hg/c7-10(8,9)6-4-2-1-3-5-6;;/h1-5H,(H,7,8,9);1H;/q;;+1/p-1. The van der Waals surface area contributed by atoms with E-state index in [1.165, 1.54) is 12.1 Å². The van der Waals surface area contributed by atoms with Crippen LogP contribution >= 0.6 is 8.25 Å². The maximum atomic E-state index is 10.4. The van der Waals surface area contributed by atoms with Crippen LogP contribution < -0.4 is 0 Å². The van der Waals surface area contributed by atoms with Crippen LogP contribution in [-0.4, -0.2) is 13.0 Å². The van der Waals surface area contributed by atoms with E-state index < -0.39 is 10.1 Å². The van der Waals surface area contributed by atoms with Crippen molar-refractivity contribution < 1.29 is 37.9 Å². The molecule has 0 atom stereocenters. The Morgan fingerprint density at radius 3 is 1.83 bits per heavy atom. The van der Waals surface area contributed by atoms with Gasteiger partial charge in [0.05, 0.1) is 4.90 Å². The number of hydrogen-bond acceptors (Lipinski definition) is 2. The van der Waals surface area contributed by atoms with E-state index in [9.17, 15) is 8.42 Å². The van der Waals surface area contributed by atoms with Crippen molar-refractivity contribution in [3.05, 3.63) is 30.3 Å². The van der Waals surface area contributed by atoms with E-state index in [1.54, 1.807) is 18.2 Å². The summed E-state index contributed by atoms with van der Waals surface area (Å²) < 4.78 is 29.2. The van der Waals surface area contributed by atoms with Gasteiger partial charge in [-0.15, -0.1) is 0 Å². The molecule has 0 bridgehead atoms. The zero-order valence-corrected chi connectivity index (χ0v) is 13.2. The Morgan fingerprint density at radius 2 is 1.58 bits per heavy atom. The first-order chi connectivity index (χ1) is 5.61. The Kier molecular flexibility index (Phi) is 6.08. The third-order valence-corrected chi connectivity index (χ3v) is 1.91. The van der Waals surface area contributed by atoms with Crippen molar-refractivity contribution >= 4 is 18.4 Å². The van der Waals surface area contributed by atoms with E-state index in [0.717, 1.165) is 0 Å². The Morgan fingerprint density at radius 1 is 1.17 bits per heavy atom. The fraction of sp³-hybridized carbons (Fsp3) is 0. The summed E-state index contributed by atoms with van der Waals surface area (Å²) in [6.45, 7) is 0. The summed E-state index contributed by atoms with van der Waals surface area (Å²) in [6.07, 6.45) is 0. The summed E-state index contributed by atoms with van der Waals surface area (Å²) >= 11 is 0.500. The Bertz CT molecular complexity index is 311. The first kappa shape index (κ1) is 12.4. The zero-order chi connectivity index (χ0) is 9.61. The average molecular weight is 394 g/mol.